The molecule has 8 heteroatoms. The highest BCUT2D eigenvalue weighted by molar-refractivity contribution is 7.19. The highest BCUT2D eigenvalue weighted by atomic mass is 35.5. The minimum absolute atomic E-state index is 0.0933. The second kappa shape index (κ2) is 10.4. The summed E-state index contributed by atoms with van der Waals surface area (Å²) in [6.07, 6.45) is 2.45. The van der Waals surface area contributed by atoms with Crippen LogP contribution in [0, 0.1) is 6.92 Å². The number of thiophene rings is 1. The largest absolute Gasteiger partial charge is 0.298 e. The van der Waals surface area contributed by atoms with Crippen LogP contribution < -0.4 is 0 Å². The minimum Gasteiger partial charge on any atom is -0.298 e. The van der Waals surface area contributed by atoms with Crippen LogP contribution in [0.3, 0.4) is 0 Å². The zero-order valence-corrected chi connectivity index (χ0v) is 23.8. The molecule has 2 aliphatic heterocycles. The molecule has 2 amide bonds. The maximum Gasteiger partial charge on any atom is 0.230 e. The van der Waals surface area contributed by atoms with E-state index in [0.717, 1.165) is 50.9 Å². The van der Waals surface area contributed by atoms with Gasteiger partial charge in [-0.05, 0) is 75.6 Å². The highest BCUT2D eigenvalue weighted by Crippen LogP contribution is 2.39. The van der Waals surface area contributed by atoms with Gasteiger partial charge in [-0.1, -0.05) is 11.6 Å². The summed E-state index contributed by atoms with van der Waals surface area (Å²) in [5, 5.41) is 0.719. The van der Waals surface area contributed by atoms with Crippen LogP contribution >= 0.6 is 22.9 Å². The number of carbonyl (C=O) groups is 2. The predicted molar refractivity (Wildman–Crippen MR) is 151 cm³/mol. The molecule has 2 atom stereocenters. The number of pyridine rings is 1. The van der Waals surface area contributed by atoms with E-state index in [4.69, 9.17) is 11.6 Å². The van der Waals surface area contributed by atoms with E-state index in [-0.39, 0.29) is 11.8 Å². The van der Waals surface area contributed by atoms with Crippen molar-refractivity contribution in [2.75, 3.05) is 13.1 Å². The molecular weight excluding hydrogens is 504 g/mol. The molecule has 0 spiro atoms. The van der Waals surface area contributed by atoms with Crippen LogP contribution in [0.2, 0.25) is 5.02 Å². The fourth-order valence-corrected chi connectivity index (χ4v) is 7.17. The van der Waals surface area contributed by atoms with E-state index in [1.807, 2.05) is 12.3 Å². The maximum absolute atomic E-state index is 12.2. The van der Waals surface area contributed by atoms with E-state index in [2.05, 4.69) is 67.6 Å². The standard InChI is InChI=1S/C29H35ClN4O2S/c1-17(2)32-13-19(4)33(20(5)14-32)16-25-18(3)10-21(30)11-24(25)23-8-9-31-26-12-22(37-29(23)26)15-34-27(35)6-7-28(34)36/h8-12,17,19-20H,6-7,13-16H2,1-5H3/t19-,20-/m0/s1. The molecule has 0 bridgehead atoms. The Labute approximate surface area is 228 Å². The fraction of sp³-hybridized carbons (Fsp3) is 0.483. The van der Waals surface area contributed by atoms with Crippen LogP contribution in [0.4, 0.5) is 0 Å². The Morgan fingerprint density at radius 1 is 1.03 bits per heavy atom. The lowest BCUT2D eigenvalue weighted by Crippen LogP contribution is -2.57. The van der Waals surface area contributed by atoms with Gasteiger partial charge in [-0.2, -0.15) is 0 Å². The molecule has 37 heavy (non-hydrogen) atoms. The number of aryl methyl sites for hydroxylation is 1. The third kappa shape index (κ3) is 5.19. The minimum atomic E-state index is -0.0933. The Hall–Kier alpha value is -2.32. The summed E-state index contributed by atoms with van der Waals surface area (Å²) in [6, 6.07) is 9.63. The summed E-state index contributed by atoms with van der Waals surface area (Å²) in [5.74, 6) is -0.187. The Morgan fingerprint density at radius 2 is 1.70 bits per heavy atom. The lowest BCUT2D eigenvalue weighted by molar-refractivity contribution is -0.138. The van der Waals surface area contributed by atoms with Gasteiger partial charge >= 0.3 is 0 Å². The molecule has 2 saturated heterocycles. The number of fused-ring (bicyclic) bond motifs is 1. The molecule has 5 rings (SSSR count). The third-order valence-electron chi connectivity index (χ3n) is 7.86. The number of imide groups is 1. The Balaban J connectivity index is 1.52. The molecule has 196 valence electrons. The first kappa shape index (κ1) is 26.3. The van der Waals surface area contributed by atoms with E-state index in [1.165, 1.54) is 16.0 Å². The summed E-state index contributed by atoms with van der Waals surface area (Å²) >= 11 is 8.22. The van der Waals surface area contributed by atoms with Gasteiger partial charge in [0.15, 0.2) is 0 Å². The molecule has 2 aliphatic rings. The van der Waals surface area contributed by atoms with Gasteiger partial charge in [0.1, 0.15) is 0 Å². The van der Waals surface area contributed by atoms with Crippen LogP contribution in [0.5, 0.6) is 0 Å². The number of hydrogen-bond donors (Lipinski definition) is 0. The van der Waals surface area contributed by atoms with Crippen molar-refractivity contribution in [3.05, 3.63) is 51.5 Å². The van der Waals surface area contributed by atoms with E-state index in [0.29, 0.717) is 37.5 Å². The molecular formula is C29H35ClN4O2S. The van der Waals surface area contributed by atoms with E-state index < -0.39 is 0 Å². The van der Waals surface area contributed by atoms with Crippen molar-refractivity contribution in [3.8, 4) is 11.1 Å². The van der Waals surface area contributed by atoms with Crippen molar-refractivity contribution in [1.82, 2.24) is 19.7 Å². The average molecular weight is 539 g/mol. The van der Waals surface area contributed by atoms with Gasteiger partial charge < -0.3 is 0 Å². The molecule has 0 unspecified atom stereocenters. The summed E-state index contributed by atoms with van der Waals surface area (Å²) in [5.41, 5.74) is 5.58. The first-order valence-corrected chi connectivity index (χ1v) is 14.3. The number of carbonyl (C=O) groups excluding carboxylic acids is 2. The zero-order chi connectivity index (χ0) is 26.4. The number of nitrogens with zero attached hydrogens (tertiary/aromatic N) is 4. The monoisotopic (exact) mass is 538 g/mol. The molecule has 6 nitrogen and oxygen atoms in total. The normalized spacial score (nSPS) is 21.6. The first-order valence-electron chi connectivity index (χ1n) is 13.1. The smallest absolute Gasteiger partial charge is 0.230 e. The van der Waals surface area contributed by atoms with Gasteiger partial charge in [0.2, 0.25) is 11.8 Å². The topological polar surface area (TPSA) is 56.8 Å². The summed E-state index contributed by atoms with van der Waals surface area (Å²) in [7, 11) is 0. The predicted octanol–water partition coefficient (Wildman–Crippen LogP) is 5.88. The van der Waals surface area contributed by atoms with E-state index >= 15 is 0 Å². The molecule has 3 aromatic rings. The van der Waals surface area contributed by atoms with Gasteiger partial charge in [0.05, 0.1) is 16.8 Å². The molecule has 0 N–H and O–H groups in total. The molecule has 4 heterocycles. The summed E-state index contributed by atoms with van der Waals surface area (Å²) < 4.78 is 1.06. The second-order valence-corrected chi connectivity index (χ2v) is 12.4. The highest BCUT2D eigenvalue weighted by Gasteiger charge is 2.32. The molecule has 1 aromatic carbocycles. The van der Waals surface area contributed by atoms with E-state index in [9.17, 15) is 9.59 Å². The number of halogens is 1. The average Bonchev–Trinajstić information content (AvgIpc) is 3.39. The van der Waals surface area contributed by atoms with Crippen molar-refractivity contribution < 1.29 is 9.59 Å². The van der Waals surface area contributed by atoms with Crippen LogP contribution in [-0.4, -0.2) is 62.7 Å². The van der Waals surface area contributed by atoms with Gasteiger partial charge in [0, 0.05) is 72.3 Å². The number of aromatic nitrogens is 1. The number of piperazine rings is 1. The van der Waals surface area contributed by atoms with Gasteiger partial charge in [-0.25, -0.2) is 0 Å². The Kier molecular flexibility index (Phi) is 7.42. The molecule has 0 saturated carbocycles. The van der Waals surface area contributed by atoms with Crippen molar-refractivity contribution in [2.24, 2.45) is 0 Å². The number of amides is 2. The Bertz CT molecular complexity index is 1330. The number of likely N-dealkylation sites (tertiary alicyclic amines) is 1. The Morgan fingerprint density at radius 3 is 2.35 bits per heavy atom. The first-order chi connectivity index (χ1) is 17.6. The van der Waals surface area contributed by atoms with Crippen LogP contribution in [0.25, 0.3) is 21.3 Å². The zero-order valence-electron chi connectivity index (χ0n) is 22.3. The molecule has 2 fully saturated rings. The number of hydrogen-bond acceptors (Lipinski definition) is 6. The second-order valence-electron chi connectivity index (χ2n) is 10.8. The summed E-state index contributed by atoms with van der Waals surface area (Å²) in [4.78, 5) is 36.5. The third-order valence-corrected chi connectivity index (χ3v) is 9.22. The van der Waals surface area contributed by atoms with Crippen molar-refractivity contribution in [2.45, 2.75) is 78.7 Å². The number of rotatable bonds is 6. The van der Waals surface area contributed by atoms with Gasteiger partial charge in [-0.15, -0.1) is 11.3 Å². The quantitative estimate of drug-likeness (QED) is 0.367. The van der Waals surface area contributed by atoms with E-state index in [1.54, 1.807) is 11.3 Å². The van der Waals surface area contributed by atoms with Crippen LogP contribution in [0.15, 0.2) is 30.5 Å². The molecule has 2 aromatic heterocycles. The molecule has 0 radical (unpaired) electrons. The van der Waals surface area contributed by atoms with Gasteiger partial charge in [0.25, 0.3) is 0 Å². The lowest BCUT2D eigenvalue weighted by atomic mass is 9.94. The van der Waals surface area contributed by atoms with Crippen LogP contribution in [-0.2, 0) is 22.7 Å². The van der Waals surface area contributed by atoms with Crippen molar-refractivity contribution in [3.63, 3.8) is 0 Å². The van der Waals surface area contributed by atoms with Crippen molar-refractivity contribution in [1.29, 1.82) is 0 Å². The maximum atomic E-state index is 12.2. The fourth-order valence-electron chi connectivity index (χ4n) is 5.77. The number of benzene rings is 1. The molecule has 0 aliphatic carbocycles. The van der Waals surface area contributed by atoms with Crippen LogP contribution in [0.1, 0.15) is 56.5 Å². The van der Waals surface area contributed by atoms with Crippen molar-refractivity contribution >= 4 is 45.0 Å². The SMILES string of the molecule is Cc1cc(Cl)cc(-c2ccnc3cc(CN4C(=O)CCC4=O)sc23)c1CN1[C@@H](C)CN(C(C)C)C[C@@H]1C. The van der Waals surface area contributed by atoms with Gasteiger partial charge in [-0.3, -0.25) is 29.3 Å². The lowest BCUT2D eigenvalue weighted by Gasteiger charge is -2.46. The summed E-state index contributed by atoms with van der Waals surface area (Å²) in [6.45, 7) is 14.6.